The third-order valence-corrected chi connectivity index (χ3v) is 3.69. The minimum absolute atomic E-state index is 0.263. The Morgan fingerprint density at radius 3 is 2.80 bits per heavy atom. The van der Waals surface area contributed by atoms with E-state index in [4.69, 9.17) is 26.8 Å². The van der Waals surface area contributed by atoms with Gasteiger partial charge in [0.05, 0.1) is 42.1 Å². The fourth-order valence-electron chi connectivity index (χ4n) is 2.43. The molecule has 0 aromatic heterocycles. The largest absolute Gasteiger partial charge is 0.465 e. The second kappa shape index (κ2) is 5.50. The molecule has 20 heavy (non-hydrogen) atoms. The maximum Gasteiger partial charge on any atom is 0.340 e. The summed E-state index contributed by atoms with van der Waals surface area (Å²) in [5.74, 6) is -0.448. The van der Waals surface area contributed by atoms with E-state index in [1.54, 1.807) is 12.1 Å². The summed E-state index contributed by atoms with van der Waals surface area (Å²) in [5, 5.41) is 0.445. The van der Waals surface area contributed by atoms with E-state index in [-0.39, 0.29) is 5.54 Å². The summed E-state index contributed by atoms with van der Waals surface area (Å²) >= 11 is 6.33. The van der Waals surface area contributed by atoms with Crippen LogP contribution in [-0.2, 0) is 9.47 Å². The summed E-state index contributed by atoms with van der Waals surface area (Å²) in [6.07, 6.45) is 0. The van der Waals surface area contributed by atoms with Crippen molar-refractivity contribution >= 4 is 28.9 Å². The van der Waals surface area contributed by atoms with Crippen molar-refractivity contribution in [2.24, 2.45) is 0 Å². The molecule has 0 spiro atoms. The molecule has 2 N–H and O–H groups in total. The predicted octanol–water partition coefficient (Wildman–Crippen LogP) is 2.32. The first-order valence-electron chi connectivity index (χ1n) is 6.39. The quantitative estimate of drug-likeness (QED) is 0.670. The van der Waals surface area contributed by atoms with E-state index in [0.717, 1.165) is 0 Å². The molecule has 0 aliphatic carbocycles. The van der Waals surface area contributed by atoms with Crippen molar-refractivity contribution in [2.75, 3.05) is 37.5 Å². The summed E-state index contributed by atoms with van der Waals surface area (Å²) in [6.45, 7) is 5.89. The molecular formula is C14H19ClN2O3. The van der Waals surface area contributed by atoms with Crippen molar-refractivity contribution in [3.05, 3.63) is 22.7 Å². The Bertz CT molecular complexity index is 531. The van der Waals surface area contributed by atoms with E-state index in [1.165, 1.54) is 7.11 Å². The Kier molecular flexibility index (Phi) is 4.11. The van der Waals surface area contributed by atoms with Crippen LogP contribution < -0.4 is 10.6 Å². The Labute approximate surface area is 123 Å². The van der Waals surface area contributed by atoms with Gasteiger partial charge in [0, 0.05) is 12.2 Å². The highest BCUT2D eigenvalue weighted by molar-refractivity contribution is 6.34. The number of esters is 1. The number of benzene rings is 1. The van der Waals surface area contributed by atoms with E-state index < -0.39 is 5.97 Å². The number of morpholine rings is 1. The van der Waals surface area contributed by atoms with Gasteiger partial charge in [0.1, 0.15) is 0 Å². The number of hydrogen-bond acceptors (Lipinski definition) is 5. The summed E-state index contributed by atoms with van der Waals surface area (Å²) < 4.78 is 10.3. The van der Waals surface area contributed by atoms with Gasteiger partial charge in [-0.05, 0) is 26.0 Å². The highest BCUT2D eigenvalue weighted by Gasteiger charge is 2.34. The number of anilines is 2. The van der Waals surface area contributed by atoms with Crippen molar-refractivity contribution in [2.45, 2.75) is 19.4 Å². The van der Waals surface area contributed by atoms with E-state index >= 15 is 0 Å². The minimum atomic E-state index is -0.448. The Hall–Kier alpha value is -1.46. The van der Waals surface area contributed by atoms with Gasteiger partial charge < -0.3 is 20.1 Å². The van der Waals surface area contributed by atoms with Crippen LogP contribution in [0.2, 0.25) is 5.02 Å². The van der Waals surface area contributed by atoms with Crippen LogP contribution in [0.25, 0.3) is 0 Å². The fourth-order valence-corrected chi connectivity index (χ4v) is 2.76. The van der Waals surface area contributed by atoms with Crippen molar-refractivity contribution in [1.29, 1.82) is 0 Å². The second-order valence-electron chi connectivity index (χ2n) is 5.41. The number of carbonyl (C=O) groups is 1. The summed E-state index contributed by atoms with van der Waals surface area (Å²) in [4.78, 5) is 14.1. The van der Waals surface area contributed by atoms with Crippen LogP contribution in [0.5, 0.6) is 0 Å². The molecule has 1 aliphatic rings. The van der Waals surface area contributed by atoms with E-state index in [9.17, 15) is 4.79 Å². The van der Waals surface area contributed by atoms with Crippen LogP contribution in [0.1, 0.15) is 24.2 Å². The van der Waals surface area contributed by atoms with Crippen LogP contribution >= 0.6 is 11.6 Å². The lowest BCUT2D eigenvalue weighted by Gasteiger charge is -2.44. The number of methoxy groups -OCH3 is 1. The molecule has 1 saturated heterocycles. The molecular weight excluding hydrogens is 280 g/mol. The highest BCUT2D eigenvalue weighted by Crippen LogP contribution is 2.37. The number of carbonyl (C=O) groups excluding carboxylic acids is 1. The lowest BCUT2D eigenvalue weighted by atomic mass is 9.99. The first-order chi connectivity index (χ1) is 9.36. The van der Waals surface area contributed by atoms with Gasteiger partial charge in [-0.2, -0.15) is 0 Å². The zero-order valence-corrected chi connectivity index (χ0v) is 12.7. The normalized spacial score (nSPS) is 17.9. The van der Waals surface area contributed by atoms with Crippen molar-refractivity contribution in [1.82, 2.24) is 0 Å². The predicted molar refractivity (Wildman–Crippen MR) is 79.4 cm³/mol. The van der Waals surface area contributed by atoms with Gasteiger partial charge in [0.15, 0.2) is 0 Å². The smallest absolute Gasteiger partial charge is 0.340 e. The van der Waals surface area contributed by atoms with Crippen molar-refractivity contribution in [3.63, 3.8) is 0 Å². The van der Waals surface area contributed by atoms with Gasteiger partial charge in [0.2, 0.25) is 0 Å². The maximum atomic E-state index is 12.0. The Morgan fingerprint density at radius 2 is 2.20 bits per heavy atom. The third-order valence-electron chi connectivity index (χ3n) is 3.41. The third kappa shape index (κ3) is 2.69. The maximum absolute atomic E-state index is 12.0. The number of halogens is 1. The Morgan fingerprint density at radius 1 is 1.50 bits per heavy atom. The number of nitrogen functional groups attached to an aromatic ring is 1. The van der Waals surface area contributed by atoms with Gasteiger partial charge >= 0.3 is 5.97 Å². The molecule has 0 bridgehead atoms. The average Bonchev–Trinajstić information content (AvgIpc) is 2.37. The molecule has 0 saturated carbocycles. The van der Waals surface area contributed by atoms with Gasteiger partial charge in [-0.25, -0.2) is 4.79 Å². The van der Waals surface area contributed by atoms with Gasteiger partial charge in [-0.3, -0.25) is 0 Å². The molecule has 1 heterocycles. The minimum Gasteiger partial charge on any atom is -0.465 e. The number of hydrogen-bond donors (Lipinski definition) is 1. The van der Waals surface area contributed by atoms with Crippen LogP contribution in [0.4, 0.5) is 11.4 Å². The molecule has 5 nitrogen and oxygen atoms in total. The van der Waals surface area contributed by atoms with Gasteiger partial charge in [-0.1, -0.05) is 11.6 Å². The standard InChI is InChI=1S/C14H19ClN2O3/c1-14(2)8-20-5-4-17(14)12-10(13(18)19-3)6-9(16)7-11(12)15/h6-7H,4-5,8,16H2,1-3H3. The summed E-state index contributed by atoms with van der Waals surface area (Å²) in [6, 6.07) is 3.24. The average molecular weight is 299 g/mol. The molecule has 2 rings (SSSR count). The fraction of sp³-hybridized carbons (Fsp3) is 0.500. The molecule has 1 aromatic rings. The summed E-state index contributed by atoms with van der Waals surface area (Å²) in [7, 11) is 1.34. The van der Waals surface area contributed by atoms with E-state index in [2.05, 4.69) is 4.90 Å². The molecule has 0 unspecified atom stereocenters. The highest BCUT2D eigenvalue weighted by atomic mass is 35.5. The monoisotopic (exact) mass is 298 g/mol. The zero-order chi connectivity index (χ0) is 14.9. The van der Waals surface area contributed by atoms with Gasteiger partial charge in [0.25, 0.3) is 0 Å². The number of nitrogens with zero attached hydrogens (tertiary/aromatic N) is 1. The molecule has 1 fully saturated rings. The molecule has 110 valence electrons. The Balaban J connectivity index is 2.57. The molecule has 6 heteroatoms. The molecule has 0 amide bonds. The number of nitrogens with two attached hydrogens (primary N) is 1. The van der Waals surface area contributed by atoms with Crippen LogP contribution in [0, 0.1) is 0 Å². The first kappa shape index (κ1) is 14.9. The van der Waals surface area contributed by atoms with Gasteiger partial charge in [-0.15, -0.1) is 0 Å². The molecule has 0 atom stereocenters. The first-order valence-corrected chi connectivity index (χ1v) is 6.77. The van der Waals surface area contributed by atoms with E-state index in [1.807, 2.05) is 13.8 Å². The lowest BCUT2D eigenvalue weighted by Crippen LogP contribution is -2.53. The molecule has 0 radical (unpaired) electrons. The van der Waals surface area contributed by atoms with E-state index in [0.29, 0.717) is 41.7 Å². The van der Waals surface area contributed by atoms with Crippen LogP contribution in [-0.4, -0.2) is 38.4 Å². The topological polar surface area (TPSA) is 64.8 Å². The number of rotatable bonds is 2. The second-order valence-corrected chi connectivity index (χ2v) is 5.81. The zero-order valence-electron chi connectivity index (χ0n) is 11.9. The lowest BCUT2D eigenvalue weighted by molar-refractivity contribution is 0.0584. The number of ether oxygens (including phenoxy) is 2. The summed E-state index contributed by atoms with van der Waals surface area (Å²) in [5.41, 5.74) is 6.99. The van der Waals surface area contributed by atoms with Crippen molar-refractivity contribution < 1.29 is 14.3 Å². The van der Waals surface area contributed by atoms with Crippen LogP contribution in [0.15, 0.2) is 12.1 Å². The van der Waals surface area contributed by atoms with Crippen molar-refractivity contribution in [3.8, 4) is 0 Å². The van der Waals surface area contributed by atoms with Crippen LogP contribution in [0.3, 0.4) is 0 Å². The molecule has 1 aromatic carbocycles. The molecule has 1 aliphatic heterocycles. The SMILES string of the molecule is COC(=O)c1cc(N)cc(Cl)c1N1CCOCC1(C)C.